The average molecular weight is 361 g/mol. The fraction of sp³-hybridized carbons (Fsp3) is 0.333. The molecular weight excluding hydrogens is 338 g/mol. The van der Waals surface area contributed by atoms with E-state index in [0.717, 1.165) is 29.1 Å². The smallest absolute Gasteiger partial charge is 0.253 e. The number of allylic oxidation sites excluding steroid dienone is 3. The number of aliphatic imine (C=N–C) groups is 2. The largest absolute Gasteiger partial charge is 0.349 e. The molecule has 6 nitrogen and oxygen atoms in total. The highest BCUT2D eigenvalue weighted by Gasteiger charge is 2.33. The van der Waals surface area contributed by atoms with Gasteiger partial charge in [0, 0.05) is 43.4 Å². The minimum absolute atomic E-state index is 0.00205. The quantitative estimate of drug-likeness (QED) is 0.895. The molecule has 0 spiro atoms. The molecule has 1 heterocycles. The average Bonchev–Trinajstić information content (AvgIpc) is 2.68. The summed E-state index contributed by atoms with van der Waals surface area (Å²) in [6, 6.07) is 9.89. The fourth-order valence-corrected chi connectivity index (χ4v) is 3.29. The number of nitrogens with one attached hydrogen (secondary N) is 1. The summed E-state index contributed by atoms with van der Waals surface area (Å²) in [5, 5.41) is 12.4. The SMILES string of the molecule is CC1C(C#N)=CC=C2NC=NC(=NCCc3ccc(C(=O)N(C)C)cc3)C21. The van der Waals surface area contributed by atoms with E-state index in [2.05, 4.69) is 16.4 Å². The van der Waals surface area contributed by atoms with Crippen molar-refractivity contribution < 1.29 is 4.79 Å². The molecule has 2 aliphatic rings. The summed E-state index contributed by atoms with van der Waals surface area (Å²) in [6.45, 7) is 2.64. The first-order valence-electron chi connectivity index (χ1n) is 8.97. The van der Waals surface area contributed by atoms with Gasteiger partial charge in [-0.05, 0) is 36.3 Å². The highest BCUT2D eigenvalue weighted by molar-refractivity contribution is 5.97. The minimum Gasteiger partial charge on any atom is -0.349 e. The molecule has 6 heteroatoms. The molecule has 0 saturated carbocycles. The zero-order valence-electron chi connectivity index (χ0n) is 15.8. The van der Waals surface area contributed by atoms with E-state index in [4.69, 9.17) is 4.99 Å². The Hall–Kier alpha value is -3.20. The molecule has 1 amide bonds. The van der Waals surface area contributed by atoms with Crippen LogP contribution in [0.3, 0.4) is 0 Å². The van der Waals surface area contributed by atoms with E-state index in [1.807, 2.05) is 43.3 Å². The molecule has 2 unspecified atom stereocenters. The van der Waals surface area contributed by atoms with Gasteiger partial charge in [-0.3, -0.25) is 9.79 Å². The summed E-state index contributed by atoms with van der Waals surface area (Å²) in [5.74, 6) is 0.801. The Bertz CT molecular complexity index is 884. The molecule has 1 aromatic rings. The van der Waals surface area contributed by atoms with Gasteiger partial charge in [0.15, 0.2) is 0 Å². The van der Waals surface area contributed by atoms with Crippen LogP contribution < -0.4 is 5.32 Å². The van der Waals surface area contributed by atoms with Crippen molar-refractivity contribution in [3.63, 3.8) is 0 Å². The van der Waals surface area contributed by atoms with Crippen LogP contribution in [0.25, 0.3) is 0 Å². The number of amidine groups is 1. The van der Waals surface area contributed by atoms with Crippen LogP contribution in [0.4, 0.5) is 0 Å². The van der Waals surface area contributed by atoms with Gasteiger partial charge < -0.3 is 10.2 Å². The van der Waals surface area contributed by atoms with Crippen LogP contribution in [0.5, 0.6) is 0 Å². The third-order valence-electron chi connectivity index (χ3n) is 4.88. The van der Waals surface area contributed by atoms with Crippen LogP contribution in [0.15, 0.2) is 57.7 Å². The van der Waals surface area contributed by atoms with E-state index >= 15 is 0 Å². The molecule has 1 aliphatic carbocycles. The Morgan fingerprint density at radius 3 is 2.70 bits per heavy atom. The van der Waals surface area contributed by atoms with E-state index in [0.29, 0.717) is 12.1 Å². The second-order valence-corrected chi connectivity index (χ2v) is 6.91. The van der Waals surface area contributed by atoms with Crippen molar-refractivity contribution in [2.24, 2.45) is 21.8 Å². The van der Waals surface area contributed by atoms with Gasteiger partial charge in [0.25, 0.3) is 5.91 Å². The molecule has 1 N–H and O–H groups in total. The number of carbonyl (C=O) groups excluding carboxylic acids is 1. The van der Waals surface area contributed by atoms with E-state index in [1.54, 1.807) is 25.3 Å². The maximum atomic E-state index is 11.9. The number of amides is 1. The number of hydrogen-bond acceptors (Lipinski definition) is 4. The lowest BCUT2D eigenvalue weighted by Gasteiger charge is -2.31. The summed E-state index contributed by atoms with van der Waals surface area (Å²) in [4.78, 5) is 22.6. The molecule has 0 aromatic heterocycles. The summed E-state index contributed by atoms with van der Waals surface area (Å²) in [5.41, 5.74) is 3.58. The van der Waals surface area contributed by atoms with Gasteiger partial charge in [-0.2, -0.15) is 5.26 Å². The topological polar surface area (TPSA) is 80.8 Å². The van der Waals surface area contributed by atoms with E-state index in [1.165, 1.54) is 0 Å². The molecule has 0 radical (unpaired) electrons. The highest BCUT2D eigenvalue weighted by atomic mass is 16.2. The predicted molar refractivity (Wildman–Crippen MR) is 107 cm³/mol. The monoisotopic (exact) mass is 361 g/mol. The number of nitrogens with zero attached hydrogens (tertiary/aromatic N) is 4. The van der Waals surface area contributed by atoms with Crippen molar-refractivity contribution in [3.05, 3.63) is 58.8 Å². The highest BCUT2D eigenvalue weighted by Crippen LogP contribution is 2.32. The van der Waals surface area contributed by atoms with Crippen molar-refractivity contribution in [2.45, 2.75) is 13.3 Å². The molecule has 0 fully saturated rings. The van der Waals surface area contributed by atoms with Crippen molar-refractivity contribution in [1.29, 1.82) is 5.26 Å². The van der Waals surface area contributed by atoms with Gasteiger partial charge in [-0.1, -0.05) is 19.1 Å². The van der Waals surface area contributed by atoms with Crippen LogP contribution >= 0.6 is 0 Å². The lowest BCUT2D eigenvalue weighted by Crippen LogP contribution is -2.36. The number of benzene rings is 1. The number of rotatable bonds is 4. The summed E-state index contributed by atoms with van der Waals surface area (Å²) in [7, 11) is 3.49. The van der Waals surface area contributed by atoms with E-state index in [-0.39, 0.29) is 17.7 Å². The van der Waals surface area contributed by atoms with Gasteiger partial charge in [0.1, 0.15) is 5.84 Å². The molecule has 0 bridgehead atoms. The lowest BCUT2D eigenvalue weighted by molar-refractivity contribution is 0.0827. The number of nitriles is 1. The van der Waals surface area contributed by atoms with Crippen LogP contribution in [0.1, 0.15) is 22.8 Å². The van der Waals surface area contributed by atoms with Crippen molar-refractivity contribution in [2.75, 3.05) is 20.6 Å². The third kappa shape index (κ3) is 3.98. The van der Waals surface area contributed by atoms with Crippen molar-refractivity contribution >= 4 is 18.1 Å². The van der Waals surface area contributed by atoms with Gasteiger partial charge in [-0.15, -0.1) is 0 Å². The Balaban J connectivity index is 1.68. The van der Waals surface area contributed by atoms with Gasteiger partial charge in [-0.25, -0.2) is 4.99 Å². The van der Waals surface area contributed by atoms with Crippen LogP contribution in [0, 0.1) is 23.2 Å². The first-order chi connectivity index (χ1) is 13.0. The third-order valence-corrected chi connectivity index (χ3v) is 4.88. The molecule has 1 aliphatic heterocycles. The molecule has 1 aromatic carbocycles. The second-order valence-electron chi connectivity index (χ2n) is 6.91. The summed E-state index contributed by atoms with van der Waals surface area (Å²) < 4.78 is 0. The molecular formula is C21H23N5O. The van der Waals surface area contributed by atoms with E-state index in [9.17, 15) is 10.1 Å². The Morgan fingerprint density at radius 2 is 2.04 bits per heavy atom. The van der Waals surface area contributed by atoms with E-state index < -0.39 is 0 Å². The van der Waals surface area contributed by atoms with Gasteiger partial charge in [0.05, 0.1) is 18.3 Å². The fourth-order valence-electron chi connectivity index (χ4n) is 3.29. The summed E-state index contributed by atoms with van der Waals surface area (Å²) in [6.07, 6.45) is 6.21. The number of carbonyl (C=O) groups is 1. The summed E-state index contributed by atoms with van der Waals surface area (Å²) >= 11 is 0. The van der Waals surface area contributed by atoms with Crippen LogP contribution in [-0.2, 0) is 6.42 Å². The molecule has 2 atom stereocenters. The normalized spacial score (nSPS) is 22.2. The zero-order chi connectivity index (χ0) is 19.4. The molecule has 0 saturated heterocycles. The second kappa shape index (κ2) is 8.00. The Kier molecular flexibility index (Phi) is 5.51. The molecule has 3 rings (SSSR count). The number of hydrogen-bond donors (Lipinski definition) is 1. The standard InChI is InChI=1S/C21H23N5O/c1-14-17(12-22)8-9-18-19(14)20(25-13-24-18)23-11-10-15-4-6-16(7-5-15)21(27)26(2)3/h4-9,13-14,19H,10-11H2,1-3H3,(H,23,24,25). The van der Waals surface area contributed by atoms with Gasteiger partial charge >= 0.3 is 0 Å². The Morgan fingerprint density at radius 1 is 1.30 bits per heavy atom. The maximum absolute atomic E-state index is 11.9. The Labute approximate surface area is 159 Å². The van der Waals surface area contributed by atoms with Crippen LogP contribution in [-0.4, -0.2) is 43.6 Å². The molecule has 27 heavy (non-hydrogen) atoms. The minimum atomic E-state index is -0.00487. The first kappa shape index (κ1) is 18.6. The first-order valence-corrected chi connectivity index (χ1v) is 8.97. The molecule has 138 valence electrons. The van der Waals surface area contributed by atoms with Crippen molar-refractivity contribution in [3.8, 4) is 6.07 Å². The zero-order valence-corrected chi connectivity index (χ0v) is 15.8. The predicted octanol–water partition coefficient (Wildman–Crippen LogP) is 2.56. The lowest BCUT2D eigenvalue weighted by atomic mass is 9.80. The number of fused-ring (bicyclic) bond motifs is 1. The van der Waals surface area contributed by atoms with Crippen molar-refractivity contribution in [1.82, 2.24) is 10.2 Å². The van der Waals surface area contributed by atoms with Crippen LogP contribution in [0.2, 0.25) is 0 Å². The maximum Gasteiger partial charge on any atom is 0.253 e. The van der Waals surface area contributed by atoms with Gasteiger partial charge in [0.2, 0.25) is 0 Å².